The molecule has 1 aliphatic heterocycles. The number of fused-ring (bicyclic) bond motifs is 1. The van der Waals surface area contributed by atoms with E-state index in [0.717, 1.165) is 16.7 Å². The summed E-state index contributed by atoms with van der Waals surface area (Å²) in [7, 11) is 0. The van der Waals surface area contributed by atoms with Crippen molar-refractivity contribution in [1.29, 1.82) is 0 Å². The first-order valence-corrected chi connectivity index (χ1v) is 8.02. The third-order valence-corrected chi connectivity index (χ3v) is 3.34. The molecule has 0 radical (unpaired) electrons. The number of ether oxygens (including phenoxy) is 2. The number of amides is 2. The van der Waals surface area contributed by atoms with Crippen molar-refractivity contribution >= 4 is 18.0 Å². The Hall–Kier alpha value is -2.57. The maximum absolute atomic E-state index is 11.6. The molecule has 7 nitrogen and oxygen atoms in total. The Morgan fingerprint density at radius 3 is 2.48 bits per heavy atom. The fourth-order valence-corrected chi connectivity index (χ4v) is 2.28. The summed E-state index contributed by atoms with van der Waals surface area (Å²) >= 11 is 0. The summed E-state index contributed by atoms with van der Waals surface area (Å²) in [4.78, 5) is 32.3. The number of alkyl carbamates (subject to hydrolysis) is 1. The molecule has 2 rings (SSSR count). The first kappa shape index (κ1) is 20.5. The normalized spacial score (nSPS) is 12.4. The van der Waals surface area contributed by atoms with Crippen molar-refractivity contribution in [3.05, 3.63) is 34.4 Å². The largest absolute Gasteiger partial charge is 0.457 e. The Kier molecular flexibility index (Phi) is 6.97. The van der Waals surface area contributed by atoms with Crippen LogP contribution in [0.2, 0.25) is 0 Å². The van der Waals surface area contributed by atoms with Gasteiger partial charge in [-0.3, -0.25) is 4.79 Å². The SMILES string of the molecule is CC(N)=O.Cc1c(CCNC(=O)OC(C)(C)C)ccc2c1COC2=O. The molecule has 0 bridgehead atoms. The number of rotatable bonds is 3. The smallest absolute Gasteiger partial charge is 0.407 e. The van der Waals surface area contributed by atoms with Gasteiger partial charge in [-0.2, -0.15) is 0 Å². The molecule has 0 saturated carbocycles. The maximum atomic E-state index is 11.6. The zero-order valence-corrected chi connectivity index (χ0v) is 15.4. The third-order valence-electron chi connectivity index (χ3n) is 3.34. The van der Waals surface area contributed by atoms with Gasteiger partial charge in [0.15, 0.2) is 0 Å². The van der Waals surface area contributed by atoms with Gasteiger partial charge in [-0.25, -0.2) is 9.59 Å². The van der Waals surface area contributed by atoms with E-state index < -0.39 is 11.7 Å². The molecule has 0 aliphatic carbocycles. The number of nitrogens with two attached hydrogens (primary N) is 1. The number of cyclic esters (lactones) is 1. The van der Waals surface area contributed by atoms with Gasteiger partial charge in [0.25, 0.3) is 0 Å². The van der Waals surface area contributed by atoms with Crippen LogP contribution in [0, 0.1) is 6.92 Å². The lowest BCUT2D eigenvalue weighted by Gasteiger charge is -2.19. The highest BCUT2D eigenvalue weighted by atomic mass is 16.6. The third kappa shape index (κ3) is 6.82. The molecule has 25 heavy (non-hydrogen) atoms. The van der Waals surface area contributed by atoms with Crippen molar-refractivity contribution < 1.29 is 23.9 Å². The van der Waals surface area contributed by atoms with Gasteiger partial charge in [-0.05, 0) is 51.3 Å². The van der Waals surface area contributed by atoms with Crippen LogP contribution in [-0.4, -0.2) is 30.1 Å². The minimum atomic E-state index is -0.495. The number of hydrogen-bond donors (Lipinski definition) is 2. The van der Waals surface area contributed by atoms with Crippen LogP contribution in [0.3, 0.4) is 0 Å². The molecule has 0 fully saturated rings. The van der Waals surface area contributed by atoms with Gasteiger partial charge in [0, 0.05) is 19.0 Å². The molecule has 1 aliphatic rings. The van der Waals surface area contributed by atoms with E-state index in [9.17, 15) is 14.4 Å². The summed E-state index contributed by atoms with van der Waals surface area (Å²) in [6.07, 6.45) is 0.270. The molecule has 1 aromatic rings. The van der Waals surface area contributed by atoms with E-state index >= 15 is 0 Å². The van der Waals surface area contributed by atoms with Crippen molar-refractivity contribution in [2.75, 3.05) is 6.54 Å². The molecule has 0 atom stereocenters. The minimum absolute atomic E-state index is 0.258. The molecule has 2 amide bonds. The molecule has 3 N–H and O–H groups in total. The van der Waals surface area contributed by atoms with Gasteiger partial charge in [-0.15, -0.1) is 0 Å². The second kappa shape index (κ2) is 8.50. The molecule has 0 unspecified atom stereocenters. The molecule has 7 heteroatoms. The highest BCUT2D eigenvalue weighted by Crippen LogP contribution is 2.25. The van der Waals surface area contributed by atoms with Crippen LogP contribution in [0.25, 0.3) is 0 Å². The molecular formula is C18H26N2O5. The van der Waals surface area contributed by atoms with E-state index in [4.69, 9.17) is 9.47 Å². The van der Waals surface area contributed by atoms with Crippen LogP contribution in [-0.2, 0) is 27.3 Å². The summed E-state index contributed by atoms with van der Waals surface area (Å²) in [6, 6.07) is 3.71. The maximum Gasteiger partial charge on any atom is 0.407 e. The van der Waals surface area contributed by atoms with Crippen LogP contribution in [0.5, 0.6) is 0 Å². The Bertz CT molecular complexity index is 658. The molecule has 0 spiro atoms. The summed E-state index contributed by atoms with van der Waals surface area (Å²) in [5, 5.41) is 2.73. The van der Waals surface area contributed by atoms with Gasteiger partial charge < -0.3 is 20.5 Å². The molecule has 0 aromatic heterocycles. The predicted octanol–water partition coefficient (Wildman–Crippen LogP) is 2.22. The molecule has 1 heterocycles. The van der Waals surface area contributed by atoms with E-state index in [1.54, 1.807) is 6.07 Å². The number of benzene rings is 1. The van der Waals surface area contributed by atoms with Crippen molar-refractivity contribution in [2.45, 2.75) is 53.2 Å². The second-order valence-corrected chi connectivity index (χ2v) is 6.74. The summed E-state index contributed by atoms with van der Waals surface area (Å²) in [6.45, 7) is 9.59. The van der Waals surface area contributed by atoms with E-state index in [2.05, 4.69) is 11.1 Å². The van der Waals surface area contributed by atoms with E-state index in [1.165, 1.54) is 6.92 Å². The van der Waals surface area contributed by atoms with Gasteiger partial charge in [-0.1, -0.05) is 6.07 Å². The molecule has 0 saturated heterocycles. The fourth-order valence-electron chi connectivity index (χ4n) is 2.28. The van der Waals surface area contributed by atoms with Crippen LogP contribution in [0.4, 0.5) is 4.79 Å². The van der Waals surface area contributed by atoms with E-state index in [1.807, 2.05) is 33.8 Å². The van der Waals surface area contributed by atoms with Crippen molar-refractivity contribution in [2.24, 2.45) is 5.73 Å². The lowest BCUT2D eigenvalue weighted by molar-refractivity contribution is -0.115. The fraction of sp³-hybridized carbons (Fsp3) is 0.500. The summed E-state index contributed by atoms with van der Waals surface area (Å²) in [5.74, 6) is -0.591. The second-order valence-electron chi connectivity index (χ2n) is 6.74. The van der Waals surface area contributed by atoms with Crippen molar-refractivity contribution in [3.63, 3.8) is 0 Å². The minimum Gasteiger partial charge on any atom is -0.457 e. The zero-order valence-electron chi connectivity index (χ0n) is 15.4. The van der Waals surface area contributed by atoms with Crippen LogP contribution >= 0.6 is 0 Å². The quantitative estimate of drug-likeness (QED) is 0.813. The Balaban J connectivity index is 0.000000705. The first-order valence-electron chi connectivity index (χ1n) is 8.02. The van der Waals surface area contributed by atoms with Gasteiger partial charge >= 0.3 is 12.1 Å². The predicted molar refractivity (Wildman–Crippen MR) is 93.1 cm³/mol. The lowest BCUT2D eigenvalue weighted by Crippen LogP contribution is -2.33. The average molecular weight is 350 g/mol. The van der Waals surface area contributed by atoms with Crippen molar-refractivity contribution in [1.82, 2.24) is 5.32 Å². The van der Waals surface area contributed by atoms with Crippen LogP contribution < -0.4 is 11.1 Å². The van der Waals surface area contributed by atoms with E-state index in [-0.39, 0.29) is 11.9 Å². The molecule has 1 aromatic carbocycles. The first-order chi connectivity index (χ1) is 11.5. The highest BCUT2D eigenvalue weighted by molar-refractivity contribution is 5.93. The Morgan fingerprint density at radius 2 is 1.92 bits per heavy atom. The van der Waals surface area contributed by atoms with Crippen LogP contribution in [0.1, 0.15) is 54.7 Å². The average Bonchev–Trinajstić information content (AvgIpc) is 2.81. The molecule has 138 valence electrons. The number of nitrogens with one attached hydrogen (secondary N) is 1. The number of carbonyl (C=O) groups excluding carboxylic acids is 3. The number of primary amides is 1. The highest BCUT2D eigenvalue weighted by Gasteiger charge is 2.23. The van der Waals surface area contributed by atoms with Crippen LogP contribution in [0.15, 0.2) is 12.1 Å². The lowest BCUT2D eigenvalue weighted by atomic mass is 9.97. The van der Waals surface area contributed by atoms with Gasteiger partial charge in [0.2, 0.25) is 5.91 Å². The van der Waals surface area contributed by atoms with E-state index in [0.29, 0.717) is 25.1 Å². The van der Waals surface area contributed by atoms with Gasteiger partial charge in [0.1, 0.15) is 12.2 Å². The Morgan fingerprint density at radius 1 is 1.32 bits per heavy atom. The number of carbonyl (C=O) groups is 3. The monoisotopic (exact) mass is 350 g/mol. The number of hydrogen-bond acceptors (Lipinski definition) is 5. The van der Waals surface area contributed by atoms with Crippen molar-refractivity contribution in [3.8, 4) is 0 Å². The molecular weight excluding hydrogens is 324 g/mol. The van der Waals surface area contributed by atoms with Gasteiger partial charge in [0.05, 0.1) is 5.56 Å². The summed E-state index contributed by atoms with van der Waals surface area (Å²) < 4.78 is 10.2. The zero-order chi connectivity index (χ0) is 19.2. The Labute approximate surface area is 147 Å². The topological polar surface area (TPSA) is 108 Å². The summed E-state index contributed by atoms with van der Waals surface area (Å²) in [5.41, 5.74) is 7.74. The number of esters is 1. The standard InChI is InChI=1S/C16H21NO4.C2H5NO/c1-10-11(5-6-12-13(10)9-20-14(12)18)7-8-17-15(19)21-16(2,3)4;1-2(3)4/h5-6H,7-9H2,1-4H3,(H,17,19);1H3,(H2,3,4).